The Bertz CT molecular complexity index is 258. The van der Waals surface area contributed by atoms with Gasteiger partial charge in [0.15, 0.2) is 0 Å². The van der Waals surface area contributed by atoms with E-state index in [2.05, 4.69) is 6.92 Å². The predicted molar refractivity (Wildman–Crippen MR) is 66.3 cm³/mol. The smallest absolute Gasteiger partial charge is 0.0476 e. The highest BCUT2D eigenvalue weighted by Gasteiger charge is 2.48. The molecule has 17 heavy (non-hydrogen) atoms. The van der Waals surface area contributed by atoms with Crippen LogP contribution in [0.3, 0.4) is 0 Å². The van der Waals surface area contributed by atoms with Crippen molar-refractivity contribution in [1.29, 1.82) is 0 Å². The monoisotopic (exact) mass is 237 g/mol. The van der Waals surface area contributed by atoms with Gasteiger partial charge in [0.05, 0.1) is 0 Å². The zero-order chi connectivity index (χ0) is 12.4. The van der Waals surface area contributed by atoms with E-state index >= 15 is 0 Å². The number of fused-ring (bicyclic) bond motifs is 3. The van der Waals surface area contributed by atoms with Crippen molar-refractivity contribution < 1.29 is 9.90 Å². The summed E-state index contributed by atoms with van der Waals surface area (Å²) >= 11 is 0. The van der Waals surface area contributed by atoms with Crippen molar-refractivity contribution >= 4 is 5.97 Å². The van der Waals surface area contributed by atoms with Crippen molar-refractivity contribution in [3.8, 4) is 0 Å². The molecule has 0 N–H and O–H groups in total. The maximum absolute atomic E-state index is 11.2. The highest BCUT2D eigenvalue weighted by molar-refractivity contribution is 5.73. The standard InChI is InChI=1S/C15H26O2/c1-2-3-4-5-6-14-7-10-15(11-8-14,12-9-14)13(16)17/h2-12H2,1H3,(H,16,17)/p-1. The van der Waals surface area contributed by atoms with Gasteiger partial charge in [0.2, 0.25) is 0 Å². The minimum absolute atomic E-state index is 0.439. The van der Waals surface area contributed by atoms with E-state index in [1.807, 2.05) is 0 Å². The normalized spacial score (nSPS) is 36.1. The molecule has 0 radical (unpaired) electrons. The molecule has 3 aliphatic carbocycles. The Morgan fingerprint density at radius 1 is 1.00 bits per heavy atom. The SMILES string of the molecule is CCCCCCC12CCC(C(=O)[O-])(CC1)CC2. The molecule has 0 heterocycles. The highest BCUT2D eigenvalue weighted by Crippen LogP contribution is 2.58. The van der Waals surface area contributed by atoms with Crippen molar-refractivity contribution in [2.75, 3.05) is 0 Å². The first-order chi connectivity index (χ1) is 8.13. The lowest BCUT2D eigenvalue weighted by Gasteiger charge is -2.54. The summed E-state index contributed by atoms with van der Waals surface area (Å²) in [6.07, 6.45) is 12.7. The third-order valence-electron chi connectivity index (χ3n) is 5.40. The summed E-state index contributed by atoms with van der Waals surface area (Å²) in [5, 5.41) is 11.2. The minimum atomic E-state index is -0.781. The summed E-state index contributed by atoms with van der Waals surface area (Å²) in [4.78, 5) is 11.2. The molecule has 98 valence electrons. The van der Waals surface area contributed by atoms with E-state index in [0.717, 1.165) is 38.5 Å². The van der Waals surface area contributed by atoms with Crippen LogP contribution in [0, 0.1) is 10.8 Å². The third-order valence-corrected chi connectivity index (χ3v) is 5.40. The maximum Gasteiger partial charge on any atom is 0.0476 e. The fraction of sp³-hybridized carbons (Fsp3) is 0.933. The van der Waals surface area contributed by atoms with E-state index in [9.17, 15) is 9.90 Å². The summed E-state index contributed by atoms with van der Waals surface area (Å²) in [5.74, 6) is -0.781. The molecule has 0 aromatic carbocycles. The first-order valence-corrected chi connectivity index (χ1v) is 7.34. The number of carboxylic acids is 1. The molecular weight excluding hydrogens is 212 g/mol. The quantitative estimate of drug-likeness (QED) is 0.666. The summed E-state index contributed by atoms with van der Waals surface area (Å²) in [7, 11) is 0. The lowest BCUT2D eigenvalue weighted by Crippen LogP contribution is -2.51. The molecule has 3 aliphatic rings. The molecule has 0 aromatic heterocycles. The number of unbranched alkanes of at least 4 members (excludes halogenated alkanes) is 3. The molecule has 2 heteroatoms. The number of carbonyl (C=O) groups excluding carboxylic acids is 1. The first-order valence-electron chi connectivity index (χ1n) is 7.34. The number of aliphatic carboxylic acids is 1. The first kappa shape index (κ1) is 12.9. The average molecular weight is 237 g/mol. The van der Waals surface area contributed by atoms with Gasteiger partial charge in [0.25, 0.3) is 0 Å². The van der Waals surface area contributed by atoms with Crippen molar-refractivity contribution in [1.82, 2.24) is 0 Å². The zero-order valence-corrected chi connectivity index (χ0v) is 11.1. The van der Waals surface area contributed by atoms with E-state index < -0.39 is 11.4 Å². The zero-order valence-electron chi connectivity index (χ0n) is 11.1. The van der Waals surface area contributed by atoms with Crippen LogP contribution < -0.4 is 5.11 Å². The molecule has 0 saturated heterocycles. The molecule has 0 aromatic rings. The van der Waals surface area contributed by atoms with Crippen LogP contribution in [0.4, 0.5) is 0 Å². The van der Waals surface area contributed by atoms with Gasteiger partial charge in [-0.1, -0.05) is 32.6 Å². The number of carboxylic acid groups (broad SMARTS) is 1. The van der Waals surface area contributed by atoms with Crippen LogP contribution in [0.15, 0.2) is 0 Å². The molecule has 2 nitrogen and oxygen atoms in total. The van der Waals surface area contributed by atoms with E-state index in [1.165, 1.54) is 32.1 Å². The van der Waals surface area contributed by atoms with E-state index in [-0.39, 0.29) is 0 Å². The Morgan fingerprint density at radius 2 is 1.59 bits per heavy atom. The lowest BCUT2D eigenvalue weighted by atomic mass is 9.52. The molecule has 3 saturated carbocycles. The van der Waals surface area contributed by atoms with Crippen LogP contribution in [0.25, 0.3) is 0 Å². The molecular formula is C15H25O2-. The average Bonchev–Trinajstić information content (AvgIpc) is 2.37. The van der Waals surface area contributed by atoms with Crippen LogP contribution in [-0.2, 0) is 4.79 Å². The number of hydrogen-bond acceptors (Lipinski definition) is 2. The molecule has 0 unspecified atom stereocenters. The molecule has 2 bridgehead atoms. The number of hydrogen-bond donors (Lipinski definition) is 0. The van der Waals surface area contributed by atoms with Gasteiger partial charge in [-0.05, 0) is 50.4 Å². The lowest BCUT2D eigenvalue weighted by molar-refractivity contribution is -0.324. The summed E-state index contributed by atoms with van der Waals surface area (Å²) in [5.41, 5.74) is 0.0656. The van der Waals surface area contributed by atoms with Crippen LogP contribution in [0.1, 0.15) is 77.6 Å². The second-order valence-corrected chi connectivity index (χ2v) is 6.38. The van der Waals surface area contributed by atoms with Gasteiger partial charge >= 0.3 is 0 Å². The molecule has 0 amide bonds. The Balaban J connectivity index is 1.84. The number of carbonyl (C=O) groups is 1. The van der Waals surface area contributed by atoms with Crippen LogP contribution in [0.2, 0.25) is 0 Å². The minimum Gasteiger partial charge on any atom is -0.550 e. The Hall–Kier alpha value is -0.530. The van der Waals surface area contributed by atoms with E-state index in [1.54, 1.807) is 0 Å². The number of rotatable bonds is 6. The van der Waals surface area contributed by atoms with Crippen molar-refractivity contribution in [2.24, 2.45) is 10.8 Å². The summed E-state index contributed by atoms with van der Waals surface area (Å²) in [6, 6.07) is 0. The van der Waals surface area contributed by atoms with Crippen molar-refractivity contribution in [2.45, 2.75) is 77.6 Å². The topological polar surface area (TPSA) is 40.1 Å². The Kier molecular flexibility index (Phi) is 3.79. The predicted octanol–water partition coefficient (Wildman–Crippen LogP) is 3.05. The van der Waals surface area contributed by atoms with Crippen LogP contribution in [-0.4, -0.2) is 5.97 Å². The van der Waals surface area contributed by atoms with Crippen molar-refractivity contribution in [3.05, 3.63) is 0 Å². The van der Waals surface area contributed by atoms with Crippen LogP contribution >= 0.6 is 0 Å². The molecule has 3 rings (SSSR count). The highest BCUT2D eigenvalue weighted by atomic mass is 16.4. The van der Waals surface area contributed by atoms with Gasteiger partial charge in [-0.2, -0.15) is 0 Å². The van der Waals surface area contributed by atoms with Gasteiger partial charge < -0.3 is 9.90 Å². The van der Waals surface area contributed by atoms with Crippen molar-refractivity contribution in [3.63, 3.8) is 0 Å². The second-order valence-electron chi connectivity index (χ2n) is 6.38. The fourth-order valence-electron chi connectivity index (χ4n) is 3.87. The summed E-state index contributed by atoms with van der Waals surface area (Å²) < 4.78 is 0. The van der Waals surface area contributed by atoms with Crippen LogP contribution in [0.5, 0.6) is 0 Å². The Morgan fingerprint density at radius 3 is 2.06 bits per heavy atom. The van der Waals surface area contributed by atoms with E-state index in [4.69, 9.17) is 0 Å². The molecule has 0 atom stereocenters. The van der Waals surface area contributed by atoms with Gasteiger partial charge in [-0.25, -0.2) is 0 Å². The Labute approximate surface area is 105 Å². The van der Waals surface area contributed by atoms with E-state index in [0.29, 0.717) is 5.41 Å². The molecule has 0 spiro atoms. The third kappa shape index (κ3) is 2.51. The molecule has 3 fully saturated rings. The van der Waals surface area contributed by atoms with Gasteiger partial charge in [-0.3, -0.25) is 0 Å². The summed E-state index contributed by atoms with van der Waals surface area (Å²) in [6.45, 7) is 2.24. The molecule has 0 aliphatic heterocycles. The van der Waals surface area contributed by atoms with Gasteiger partial charge in [0.1, 0.15) is 0 Å². The van der Waals surface area contributed by atoms with Gasteiger partial charge in [-0.15, -0.1) is 0 Å². The van der Waals surface area contributed by atoms with Gasteiger partial charge in [0, 0.05) is 11.4 Å². The maximum atomic E-state index is 11.2. The fourth-order valence-corrected chi connectivity index (χ4v) is 3.87. The second kappa shape index (κ2) is 4.99. The largest absolute Gasteiger partial charge is 0.550 e.